The largest absolute Gasteiger partial charge is 0.468 e. The van der Waals surface area contributed by atoms with Gasteiger partial charge in [0.05, 0.1) is 12.8 Å². The Morgan fingerprint density at radius 1 is 1.75 bits per heavy atom. The fourth-order valence-corrected chi connectivity index (χ4v) is 0.437. The lowest BCUT2D eigenvalue weighted by Crippen LogP contribution is -1.78. The van der Waals surface area contributed by atoms with Crippen LogP contribution in [0, 0.1) is 0 Å². The molecule has 0 aliphatic heterocycles. The highest BCUT2D eigenvalue weighted by molar-refractivity contribution is 5.37. The fraction of sp³-hybridized carbons (Fsp3) is 0.200. The first kappa shape index (κ1) is 5.03. The lowest BCUT2D eigenvalue weighted by atomic mass is 10.5. The third kappa shape index (κ3) is 0.753. The normalized spacial score (nSPS) is 9.12. The van der Waals surface area contributed by atoms with Crippen molar-refractivity contribution in [1.29, 1.82) is 0 Å². The molecule has 0 aliphatic carbocycles. The minimum absolute atomic E-state index is 0.447. The maximum atomic E-state index is 5.28. The van der Waals surface area contributed by atoms with E-state index in [1.807, 2.05) is 0 Å². The van der Waals surface area contributed by atoms with Crippen molar-refractivity contribution in [2.45, 2.75) is 0 Å². The zero-order chi connectivity index (χ0) is 5.98. The summed E-state index contributed by atoms with van der Waals surface area (Å²) in [6.07, 6.45) is 1.43. The van der Waals surface area contributed by atoms with Gasteiger partial charge in [0.15, 0.2) is 0 Å². The van der Waals surface area contributed by atoms with Crippen molar-refractivity contribution in [3.8, 4) is 5.95 Å². The molecular weight excluding hydrogens is 106 g/mol. The zero-order valence-corrected chi connectivity index (χ0v) is 4.55. The molecule has 0 atom stereocenters. The standard InChI is InChI=1S/C5H7NO2/c1-7-5-2-4(6)3-8-5/h2-3H,6H2,1H3. The summed E-state index contributed by atoms with van der Waals surface area (Å²) in [7, 11) is 1.53. The summed E-state index contributed by atoms with van der Waals surface area (Å²) in [5.74, 6) is 0.447. The molecule has 0 fully saturated rings. The van der Waals surface area contributed by atoms with E-state index in [0.717, 1.165) is 0 Å². The molecule has 44 valence electrons. The van der Waals surface area contributed by atoms with E-state index in [-0.39, 0.29) is 0 Å². The Hall–Kier alpha value is -1.12. The summed E-state index contributed by atoms with van der Waals surface area (Å²) in [4.78, 5) is 0. The number of hydrogen-bond donors (Lipinski definition) is 1. The highest BCUT2D eigenvalue weighted by atomic mass is 16.6. The van der Waals surface area contributed by atoms with Gasteiger partial charge in [-0.3, -0.25) is 0 Å². The number of anilines is 1. The number of furan rings is 1. The Bertz CT molecular complexity index is 171. The van der Waals surface area contributed by atoms with E-state index in [1.165, 1.54) is 13.4 Å². The molecule has 2 N–H and O–H groups in total. The topological polar surface area (TPSA) is 48.4 Å². The van der Waals surface area contributed by atoms with Gasteiger partial charge in [-0.25, -0.2) is 0 Å². The van der Waals surface area contributed by atoms with Crippen molar-refractivity contribution < 1.29 is 9.15 Å². The Morgan fingerprint density at radius 2 is 2.50 bits per heavy atom. The number of methoxy groups -OCH3 is 1. The van der Waals surface area contributed by atoms with Crippen molar-refractivity contribution in [3.63, 3.8) is 0 Å². The molecule has 0 aliphatic rings. The van der Waals surface area contributed by atoms with E-state index < -0.39 is 0 Å². The average Bonchev–Trinajstić information content (AvgIpc) is 2.14. The predicted octanol–water partition coefficient (Wildman–Crippen LogP) is 0.870. The van der Waals surface area contributed by atoms with E-state index in [4.69, 9.17) is 10.2 Å². The van der Waals surface area contributed by atoms with Gasteiger partial charge in [-0.2, -0.15) is 0 Å². The van der Waals surface area contributed by atoms with Crippen LogP contribution in [0.25, 0.3) is 0 Å². The lowest BCUT2D eigenvalue weighted by molar-refractivity contribution is 0.305. The van der Waals surface area contributed by atoms with Gasteiger partial charge in [0.2, 0.25) is 0 Å². The van der Waals surface area contributed by atoms with Gasteiger partial charge in [0.1, 0.15) is 6.26 Å². The Labute approximate surface area is 47.0 Å². The first-order valence-corrected chi connectivity index (χ1v) is 2.21. The molecule has 0 radical (unpaired) electrons. The minimum Gasteiger partial charge on any atom is -0.468 e. The van der Waals surface area contributed by atoms with Crippen LogP contribution < -0.4 is 10.5 Å². The van der Waals surface area contributed by atoms with Crippen LogP contribution in [0.15, 0.2) is 16.7 Å². The molecular formula is C5H7NO2. The molecule has 0 aromatic carbocycles. The molecule has 3 nitrogen and oxygen atoms in total. The first-order valence-electron chi connectivity index (χ1n) is 2.21. The molecule has 1 heterocycles. The summed E-state index contributed by atoms with van der Waals surface area (Å²) >= 11 is 0. The van der Waals surface area contributed by atoms with E-state index in [0.29, 0.717) is 11.6 Å². The Kier molecular flexibility index (Phi) is 1.12. The number of nitrogens with two attached hydrogens (primary N) is 1. The second-order valence-electron chi connectivity index (χ2n) is 1.40. The van der Waals surface area contributed by atoms with Crippen molar-refractivity contribution in [2.75, 3.05) is 12.8 Å². The smallest absolute Gasteiger partial charge is 0.286 e. The van der Waals surface area contributed by atoms with Crippen LogP contribution in [-0.4, -0.2) is 7.11 Å². The minimum atomic E-state index is 0.447. The molecule has 8 heavy (non-hydrogen) atoms. The molecule has 0 amide bonds. The first-order chi connectivity index (χ1) is 3.83. The Balaban J connectivity index is 2.84. The maximum absolute atomic E-state index is 5.28. The van der Waals surface area contributed by atoms with Gasteiger partial charge < -0.3 is 14.9 Å². The summed E-state index contributed by atoms with van der Waals surface area (Å²) < 4.78 is 9.45. The van der Waals surface area contributed by atoms with Gasteiger partial charge in [0, 0.05) is 6.07 Å². The number of nitrogen functional groups attached to an aromatic ring is 1. The van der Waals surface area contributed by atoms with Crippen LogP contribution in [0.1, 0.15) is 0 Å². The quantitative estimate of drug-likeness (QED) is 0.587. The molecule has 1 rings (SSSR count). The van der Waals surface area contributed by atoms with Crippen LogP contribution in [0.5, 0.6) is 5.95 Å². The molecule has 1 aromatic heterocycles. The molecule has 0 bridgehead atoms. The van der Waals surface area contributed by atoms with Crippen LogP contribution >= 0.6 is 0 Å². The second-order valence-corrected chi connectivity index (χ2v) is 1.40. The highest BCUT2D eigenvalue weighted by Gasteiger charge is 1.93. The van der Waals surface area contributed by atoms with E-state index >= 15 is 0 Å². The Morgan fingerprint density at radius 3 is 2.75 bits per heavy atom. The predicted molar refractivity (Wildman–Crippen MR) is 29.7 cm³/mol. The van der Waals surface area contributed by atoms with Gasteiger partial charge in [-0.05, 0) is 0 Å². The average molecular weight is 113 g/mol. The number of ether oxygens (including phenoxy) is 1. The second kappa shape index (κ2) is 1.78. The number of hydrogen-bond acceptors (Lipinski definition) is 3. The molecule has 1 aromatic rings. The molecule has 0 saturated carbocycles. The van der Waals surface area contributed by atoms with E-state index in [2.05, 4.69) is 4.74 Å². The summed E-state index contributed by atoms with van der Waals surface area (Å²) in [6.45, 7) is 0. The van der Waals surface area contributed by atoms with Crippen LogP contribution in [0.2, 0.25) is 0 Å². The third-order valence-electron chi connectivity index (χ3n) is 0.797. The van der Waals surface area contributed by atoms with Gasteiger partial charge >= 0.3 is 0 Å². The van der Waals surface area contributed by atoms with Crippen molar-refractivity contribution in [2.24, 2.45) is 0 Å². The fourth-order valence-electron chi connectivity index (χ4n) is 0.437. The third-order valence-corrected chi connectivity index (χ3v) is 0.797. The molecule has 0 unspecified atom stereocenters. The number of rotatable bonds is 1. The van der Waals surface area contributed by atoms with Crippen molar-refractivity contribution in [1.82, 2.24) is 0 Å². The summed E-state index contributed by atoms with van der Waals surface area (Å²) in [6, 6.07) is 1.61. The molecule has 0 spiro atoms. The maximum Gasteiger partial charge on any atom is 0.286 e. The molecule has 0 saturated heterocycles. The van der Waals surface area contributed by atoms with Gasteiger partial charge in [-0.15, -0.1) is 0 Å². The summed E-state index contributed by atoms with van der Waals surface area (Å²) in [5.41, 5.74) is 5.87. The van der Waals surface area contributed by atoms with Crippen LogP contribution in [-0.2, 0) is 0 Å². The van der Waals surface area contributed by atoms with Crippen LogP contribution in [0.4, 0.5) is 5.69 Å². The SMILES string of the molecule is COc1cc(N)co1. The van der Waals surface area contributed by atoms with Crippen molar-refractivity contribution in [3.05, 3.63) is 12.3 Å². The van der Waals surface area contributed by atoms with Crippen LogP contribution in [0.3, 0.4) is 0 Å². The van der Waals surface area contributed by atoms with E-state index in [1.54, 1.807) is 6.07 Å². The zero-order valence-electron chi connectivity index (χ0n) is 4.55. The molecule has 3 heteroatoms. The lowest BCUT2D eigenvalue weighted by Gasteiger charge is -1.85. The summed E-state index contributed by atoms with van der Waals surface area (Å²) in [5, 5.41) is 0. The highest BCUT2D eigenvalue weighted by Crippen LogP contribution is 2.15. The monoisotopic (exact) mass is 113 g/mol. The van der Waals surface area contributed by atoms with Gasteiger partial charge in [-0.1, -0.05) is 0 Å². The van der Waals surface area contributed by atoms with E-state index in [9.17, 15) is 0 Å². The van der Waals surface area contributed by atoms with Crippen molar-refractivity contribution >= 4 is 5.69 Å². The van der Waals surface area contributed by atoms with Gasteiger partial charge in [0.25, 0.3) is 5.95 Å².